The third kappa shape index (κ3) is 4.27. The van der Waals surface area contributed by atoms with Gasteiger partial charge >= 0.3 is 5.97 Å². The van der Waals surface area contributed by atoms with Crippen LogP contribution in [0.25, 0.3) is 11.0 Å². The van der Waals surface area contributed by atoms with Gasteiger partial charge in [0.25, 0.3) is 0 Å². The van der Waals surface area contributed by atoms with Crippen LogP contribution in [-0.4, -0.2) is 38.1 Å². The fourth-order valence-corrected chi connectivity index (χ4v) is 3.22. The molecule has 138 valence electrons. The second kappa shape index (κ2) is 8.59. The van der Waals surface area contributed by atoms with Crippen molar-refractivity contribution in [1.29, 1.82) is 5.26 Å². The molecule has 0 radical (unpaired) electrons. The summed E-state index contributed by atoms with van der Waals surface area (Å²) in [5.74, 6) is -1.35. The van der Waals surface area contributed by atoms with Crippen molar-refractivity contribution in [2.45, 2.75) is 39.0 Å². The van der Waals surface area contributed by atoms with E-state index < -0.39 is 5.97 Å². The summed E-state index contributed by atoms with van der Waals surface area (Å²) in [6.07, 6.45) is 3.47. The number of aliphatic carboxylic acids is 1. The van der Waals surface area contributed by atoms with E-state index in [0.29, 0.717) is 35.0 Å². The quantitative estimate of drug-likeness (QED) is 0.526. The third-order valence-corrected chi connectivity index (χ3v) is 4.43. The number of aliphatic hydroxyl groups excluding tert-OH is 1. The molecule has 2 N–H and O–H groups in total. The molecule has 7 nitrogen and oxygen atoms in total. The van der Waals surface area contributed by atoms with Crippen molar-refractivity contribution in [3.8, 4) is 6.07 Å². The highest BCUT2D eigenvalue weighted by Crippen LogP contribution is 2.28. The van der Waals surface area contributed by atoms with Crippen molar-refractivity contribution in [3.05, 3.63) is 29.1 Å². The smallest absolute Gasteiger partial charge is 0.303 e. The number of Topliss-reactive ketones (excluding diaryl/α,β-unsaturated/α-hetero) is 1. The number of carboxylic acids is 1. The zero-order valence-corrected chi connectivity index (χ0v) is 15.0. The van der Waals surface area contributed by atoms with Crippen LogP contribution in [0.15, 0.2) is 12.3 Å². The van der Waals surface area contributed by atoms with Gasteiger partial charge in [0.2, 0.25) is 0 Å². The van der Waals surface area contributed by atoms with Gasteiger partial charge in [0.15, 0.2) is 5.78 Å². The maximum absolute atomic E-state index is 13.0. The molecule has 2 aromatic heterocycles. The maximum atomic E-state index is 13.0. The minimum absolute atomic E-state index is 0.0714. The Balaban J connectivity index is 2.48. The van der Waals surface area contributed by atoms with Gasteiger partial charge in [-0.15, -0.1) is 0 Å². The first-order valence-electron chi connectivity index (χ1n) is 8.62. The number of pyridine rings is 1. The number of aryl methyl sites for hydroxylation is 1. The molecule has 0 saturated heterocycles. The maximum Gasteiger partial charge on any atom is 0.303 e. The third-order valence-electron chi connectivity index (χ3n) is 4.43. The first kappa shape index (κ1) is 19.6. The van der Waals surface area contributed by atoms with Crippen LogP contribution in [0, 0.1) is 17.2 Å². The van der Waals surface area contributed by atoms with Crippen molar-refractivity contribution in [3.63, 3.8) is 0 Å². The summed E-state index contributed by atoms with van der Waals surface area (Å²) in [6.45, 7) is 1.82. The molecule has 1 unspecified atom stereocenters. The molecule has 2 aromatic rings. The molecular weight excluding hydrogens is 334 g/mol. The van der Waals surface area contributed by atoms with E-state index in [-0.39, 0.29) is 31.1 Å². The topological polar surface area (TPSA) is 116 Å². The van der Waals surface area contributed by atoms with E-state index in [2.05, 4.69) is 4.98 Å². The highest BCUT2D eigenvalue weighted by Gasteiger charge is 2.24. The zero-order valence-electron chi connectivity index (χ0n) is 15.0. The Hall–Kier alpha value is -2.72. The molecule has 0 aliphatic rings. The summed E-state index contributed by atoms with van der Waals surface area (Å²) >= 11 is 0. The van der Waals surface area contributed by atoms with Gasteiger partial charge in [-0.05, 0) is 31.2 Å². The lowest BCUT2D eigenvalue weighted by Crippen LogP contribution is -2.12. The summed E-state index contributed by atoms with van der Waals surface area (Å²) in [5.41, 5.74) is 2.32. The number of carbonyl (C=O) groups is 2. The minimum atomic E-state index is -0.931. The van der Waals surface area contributed by atoms with Gasteiger partial charge < -0.3 is 14.8 Å². The van der Waals surface area contributed by atoms with Crippen LogP contribution in [0.4, 0.5) is 0 Å². The molecule has 2 rings (SSSR count). The molecule has 0 aliphatic carbocycles. The predicted octanol–water partition coefficient (Wildman–Crippen LogP) is 2.44. The highest BCUT2D eigenvalue weighted by atomic mass is 16.4. The van der Waals surface area contributed by atoms with E-state index in [1.165, 1.54) is 6.20 Å². The monoisotopic (exact) mass is 357 g/mol. The largest absolute Gasteiger partial charge is 0.481 e. The first-order valence-corrected chi connectivity index (χ1v) is 8.62. The molecule has 1 atom stereocenters. The standard InChI is InChI=1S/C19H23N3O4/c1-12(8-17(25)26)7-16(24)18-14-9-13(10-20)11-21-19(14)22(2)15(18)5-3-4-6-23/h9,11-12,23H,3-8H2,1-2H3,(H,25,26). The number of ketones is 1. The van der Waals surface area contributed by atoms with Gasteiger partial charge in [-0.2, -0.15) is 5.26 Å². The van der Waals surface area contributed by atoms with Crippen LogP contribution < -0.4 is 0 Å². The Morgan fingerprint density at radius 3 is 2.69 bits per heavy atom. The molecule has 0 aromatic carbocycles. The summed E-state index contributed by atoms with van der Waals surface area (Å²) in [4.78, 5) is 28.2. The molecule has 26 heavy (non-hydrogen) atoms. The van der Waals surface area contributed by atoms with Crippen molar-refractivity contribution in [1.82, 2.24) is 9.55 Å². The summed E-state index contributed by atoms with van der Waals surface area (Å²) < 4.78 is 1.85. The summed E-state index contributed by atoms with van der Waals surface area (Å²) in [6, 6.07) is 3.70. The molecule has 0 fully saturated rings. The number of nitriles is 1. The van der Waals surface area contributed by atoms with E-state index in [9.17, 15) is 9.59 Å². The average molecular weight is 357 g/mol. The van der Waals surface area contributed by atoms with Gasteiger partial charge in [-0.25, -0.2) is 4.98 Å². The fraction of sp³-hybridized carbons (Fsp3) is 0.474. The van der Waals surface area contributed by atoms with E-state index in [1.54, 1.807) is 13.0 Å². The summed E-state index contributed by atoms with van der Waals surface area (Å²) in [7, 11) is 1.83. The van der Waals surface area contributed by atoms with E-state index in [0.717, 1.165) is 12.1 Å². The van der Waals surface area contributed by atoms with Gasteiger partial charge in [0.1, 0.15) is 11.7 Å². The number of aliphatic hydroxyl groups is 1. The molecule has 0 aliphatic heterocycles. The molecule has 2 heterocycles. The predicted molar refractivity (Wildman–Crippen MR) is 95.8 cm³/mol. The van der Waals surface area contributed by atoms with Crippen LogP contribution >= 0.6 is 0 Å². The molecule has 0 bridgehead atoms. The fourth-order valence-electron chi connectivity index (χ4n) is 3.22. The number of fused-ring (bicyclic) bond motifs is 1. The van der Waals surface area contributed by atoms with Crippen LogP contribution in [0.3, 0.4) is 0 Å². The molecule has 0 saturated carbocycles. The average Bonchev–Trinajstić information content (AvgIpc) is 2.86. The summed E-state index contributed by atoms with van der Waals surface area (Å²) in [5, 5.41) is 27.7. The lowest BCUT2D eigenvalue weighted by molar-refractivity contribution is -0.137. The van der Waals surface area contributed by atoms with Crippen LogP contribution in [-0.2, 0) is 18.3 Å². The second-order valence-corrected chi connectivity index (χ2v) is 6.60. The van der Waals surface area contributed by atoms with Gasteiger partial charge in [0.05, 0.1) is 5.56 Å². The van der Waals surface area contributed by atoms with Crippen LogP contribution in [0.2, 0.25) is 0 Å². The second-order valence-electron chi connectivity index (χ2n) is 6.60. The van der Waals surface area contributed by atoms with Crippen molar-refractivity contribution < 1.29 is 19.8 Å². The van der Waals surface area contributed by atoms with Crippen LogP contribution in [0.1, 0.15) is 54.2 Å². The molecular formula is C19H23N3O4. The Bertz CT molecular complexity index is 864. The molecule has 7 heteroatoms. The van der Waals surface area contributed by atoms with Gasteiger partial charge in [0, 0.05) is 49.3 Å². The Labute approximate surface area is 151 Å². The number of unbranched alkanes of at least 4 members (excludes halogenated alkanes) is 1. The number of aromatic nitrogens is 2. The number of rotatable bonds is 9. The van der Waals surface area contributed by atoms with Crippen molar-refractivity contribution in [2.75, 3.05) is 6.61 Å². The number of hydrogen-bond acceptors (Lipinski definition) is 5. The Morgan fingerprint density at radius 2 is 2.08 bits per heavy atom. The van der Waals surface area contributed by atoms with Crippen molar-refractivity contribution in [2.24, 2.45) is 13.0 Å². The van der Waals surface area contributed by atoms with Gasteiger partial charge in [-0.3, -0.25) is 9.59 Å². The van der Waals surface area contributed by atoms with E-state index >= 15 is 0 Å². The Morgan fingerprint density at radius 1 is 1.35 bits per heavy atom. The SMILES string of the molecule is CC(CC(=O)O)CC(=O)c1c(CCCCO)n(C)c2ncc(C#N)cc12. The normalized spacial score (nSPS) is 12.1. The number of carboxylic acid groups (broad SMARTS) is 1. The lowest BCUT2D eigenvalue weighted by Gasteiger charge is -2.10. The number of nitrogens with zero attached hydrogens (tertiary/aromatic N) is 3. The van der Waals surface area contributed by atoms with Gasteiger partial charge in [-0.1, -0.05) is 6.92 Å². The van der Waals surface area contributed by atoms with E-state index in [4.69, 9.17) is 15.5 Å². The number of hydrogen-bond donors (Lipinski definition) is 2. The zero-order chi connectivity index (χ0) is 19.3. The lowest BCUT2D eigenvalue weighted by atomic mass is 9.94. The molecule has 0 spiro atoms. The number of carbonyl (C=O) groups excluding carboxylic acids is 1. The minimum Gasteiger partial charge on any atom is -0.481 e. The van der Waals surface area contributed by atoms with Crippen LogP contribution in [0.5, 0.6) is 0 Å². The first-order chi connectivity index (χ1) is 12.4. The highest BCUT2D eigenvalue weighted by molar-refractivity contribution is 6.09. The Kier molecular flexibility index (Phi) is 6.47. The molecule has 0 amide bonds. The van der Waals surface area contributed by atoms with E-state index in [1.807, 2.05) is 17.7 Å². The van der Waals surface area contributed by atoms with Crippen molar-refractivity contribution >= 4 is 22.8 Å².